The molecule has 1 aromatic carbocycles. The standard InChI is InChI=1S/C15H24N2/c1-4-5-12-6-8-13(9-7-12)14(17(2)3)15(16)10-11-15/h6-9,14H,4-5,10-11,16H2,1-3H3. The van der Waals surface area contributed by atoms with E-state index < -0.39 is 0 Å². The molecule has 1 fully saturated rings. The lowest BCUT2D eigenvalue weighted by Gasteiger charge is -2.30. The summed E-state index contributed by atoms with van der Waals surface area (Å²) in [5.74, 6) is 0. The molecular weight excluding hydrogens is 208 g/mol. The third-order valence-electron chi connectivity index (χ3n) is 3.72. The predicted octanol–water partition coefficient (Wildman–Crippen LogP) is 2.73. The molecule has 0 spiro atoms. The molecule has 2 heteroatoms. The van der Waals surface area contributed by atoms with E-state index in [1.54, 1.807) is 0 Å². The van der Waals surface area contributed by atoms with Crippen LogP contribution in [0.2, 0.25) is 0 Å². The molecular formula is C15H24N2. The minimum Gasteiger partial charge on any atom is -0.323 e. The second kappa shape index (κ2) is 4.79. The van der Waals surface area contributed by atoms with Gasteiger partial charge in [0.25, 0.3) is 0 Å². The third-order valence-corrected chi connectivity index (χ3v) is 3.72. The Kier molecular flexibility index (Phi) is 3.55. The average molecular weight is 232 g/mol. The Balaban J connectivity index is 2.19. The first-order valence-electron chi connectivity index (χ1n) is 6.61. The van der Waals surface area contributed by atoms with Gasteiger partial charge in [0.15, 0.2) is 0 Å². The summed E-state index contributed by atoms with van der Waals surface area (Å²) < 4.78 is 0. The van der Waals surface area contributed by atoms with Gasteiger partial charge in [0, 0.05) is 5.54 Å². The van der Waals surface area contributed by atoms with Crippen molar-refractivity contribution in [3.63, 3.8) is 0 Å². The van der Waals surface area contributed by atoms with Crippen LogP contribution in [0.15, 0.2) is 24.3 Å². The van der Waals surface area contributed by atoms with Gasteiger partial charge in [0.05, 0.1) is 6.04 Å². The lowest BCUT2D eigenvalue weighted by Crippen LogP contribution is -2.39. The third kappa shape index (κ3) is 2.70. The van der Waals surface area contributed by atoms with E-state index in [1.165, 1.54) is 24.0 Å². The molecule has 0 bridgehead atoms. The van der Waals surface area contributed by atoms with E-state index in [9.17, 15) is 0 Å². The molecule has 94 valence electrons. The summed E-state index contributed by atoms with van der Waals surface area (Å²) in [6.45, 7) is 2.22. The largest absolute Gasteiger partial charge is 0.323 e. The average Bonchev–Trinajstić information content (AvgIpc) is 3.00. The fraction of sp³-hybridized carbons (Fsp3) is 0.600. The van der Waals surface area contributed by atoms with Crippen LogP contribution < -0.4 is 5.73 Å². The second-order valence-corrected chi connectivity index (χ2v) is 5.59. The number of aryl methyl sites for hydroxylation is 1. The van der Waals surface area contributed by atoms with Crippen molar-refractivity contribution in [1.29, 1.82) is 0 Å². The molecule has 2 nitrogen and oxygen atoms in total. The van der Waals surface area contributed by atoms with Gasteiger partial charge in [-0.1, -0.05) is 37.6 Å². The molecule has 1 aromatic rings. The normalized spacial score (nSPS) is 19.4. The Morgan fingerprint density at radius 1 is 1.24 bits per heavy atom. The number of hydrogen-bond acceptors (Lipinski definition) is 2. The number of benzene rings is 1. The van der Waals surface area contributed by atoms with Crippen molar-refractivity contribution in [2.75, 3.05) is 14.1 Å². The Morgan fingerprint density at radius 2 is 1.82 bits per heavy atom. The quantitative estimate of drug-likeness (QED) is 0.846. The molecule has 1 atom stereocenters. The smallest absolute Gasteiger partial charge is 0.0523 e. The van der Waals surface area contributed by atoms with Gasteiger partial charge in [-0.05, 0) is 44.5 Å². The van der Waals surface area contributed by atoms with Crippen molar-refractivity contribution < 1.29 is 0 Å². The number of nitrogens with two attached hydrogens (primary N) is 1. The van der Waals surface area contributed by atoms with Gasteiger partial charge in [-0.3, -0.25) is 0 Å². The Labute approximate surface area is 105 Å². The maximum Gasteiger partial charge on any atom is 0.0523 e. The fourth-order valence-electron chi connectivity index (χ4n) is 2.72. The molecule has 0 radical (unpaired) electrons. The van der Waals surface area contributed by atoms with Crippen molar-refractivity contribution in [3.8, 4) is 0 Å². The van der Waals surface area contributed by atoms with Gasteiger partial charge in [-0.15, -0.1) is 0 Å². The lowest BCUT2D eigenvalue weighted by atomic mass is 9.95. The monoisotopic (exact) mass is 232 g/mol. The molecule has 1 aliphatic carbocycles. The number of nitrogens with zero attached hydrogens (tertiary/aromatic N) is 1. The molecule has 0 amide bonds. The first-order valence-corrected chi connectivity index (χ1v) is 6.61. The molecule has 0 aliphatic heterocycles. The molecule has 0 saturated heterocycles. The minimum absolute atomic E-state index is 0.00970. The van der Waals surface area contributed by atoms with Crippen LogP contribution in [0, 0.1) is 0 Å². The molecule has 1 unspecified atom stereocenters. The topological polar surface area (TPSA) is 29.3 Å². The van der Waals surface area contributed by atoms with E-state index in [2.05, 4.69) is 50.2 Å². The van der Waals surface area contributed by atoms with E-state index in [0.717, 1.165) is 12.8 Å². The van der Waals surface area contributed by atoms with E-state index in [4.69, 9.17) is 5.73 Å². The van der Waals surface area contributed by atoms with Crippen molar-refractivity contribution in [3.05, 3.63) is 35.4 Å². The van der Waals surface area contributed by atoms with E-state index in [-0.39, 0.29) is 5.54 Å². The highest BCUT2D eigenvalue weighted by molar-refractivity contribution is 5.30. The van der Waals surface area contributed by atoms with Crippen molar-refractivity contribution in [1.82, 2.24) is 4.90 Å². The Hall–Kier alpha value is -0.860. The van der Waals surface area contributed by atoms with Crippen molar-refractivity contribution in [2.45, 2.75) is 44.2 Å². The molecule has 2 rings (SSSR count). The molecule has 2 N–H and O–H groups in total. The summed E-state index contributed by atoms with van der Waals surface area (Å²) in [5, 5.41) is 0. The zero-order chi connectivity index (χ0) is 12.5. The van der Waals surface area contributed by atoms with Crippen LogP contribution >= 0.6 is 0 Å². The van der Waals surface area contributed by atoms with Crippen molar-refractivity contribution in [2.24, 2.45) is 5.73 Å². The van der Waals surface area contributed by atoms with Gasteiger partial charge in [-0.25, -0.2) is 0 Å². The van der Waals surface area contributed by atoms with Crippen LogP contribution in [0.1, 0.15) is 43.4 Å². The first kappa shape index (κ1) is 12.6. The summed E-state index contributed by atoms with van der Waals surface area (Å²) >= 11 is 0. The first-order chi connectivity index (χ1) is 8.07. The zero-order valence-electron chi connectivity index (χ0n) is 11.2. The minimum atomic E-state index is 0.00970. The molecule has 1 aliphatic rings. The van der Waals surface area contributed by atoms with Gasteiger partial charge >= 0.3 is 0 Å². The van der Waals surface area contributed by atoms with Crippen LogP contribution in [0.4, 0.5) is 0 Å². The van der Waals surface area contributed by atoms with Crippen LogP contribution in [0.25, 0.3) is 0 Å². The van der Waals surface area contributed by atoms with E-state index >= 15 is 0 Å². The number of rotatable bonds is 5. The second-order valence-electron chi connectivity index (χ2n) is 5.59. The molecule has 17 heavy (non-hydrogen) atoms. The number of likely N-dealkylation sites (N-methyl/N-ethyl adjacent to an activating group) is 1. The maximum atomic E-state index is 6.38. The van der Waals surface area contributed by atoms with Crippen LogP contribution in [0.3, 0.4) is 0 Å². The van der Waals surface area contributed by atoms with Crippen LogP contribution in [-0.4, -0.2) is 24.5 Å². The Morgan fingerprint density at radius 3 is 2.24 bits per heavy atom. The molecule has 0 heterocycles. The van der Waals surface area contributed by atoms with Crippen LogP contribution in [0.5, 0.6) is 0 Å². The summed E-state index contributed by atoms with van der Waals surface area (Å²) in [7, 11) is 4.25. The summed E-state index contributed by atoms with van der Waals surface area (Å²) in [6, 6.07) is 9.37. The summed E-state index contributed by atoms with van der Waals surface area (Å²) in [5.41, 5.74) is 9.17. The Bertz CT molecular complexity index is 363. The zero-order valence-corrected chi connectivity index (χ0v) is 11.2. The fourth-order valence-corrected chi connectivity index (χ4v) is 2.72. The molecule has 1 saturated carbocycles. The SMILES string of the molecule is CCCc1ccc(C(N(C)C)C2(N)CC2)cc1. The summed E-state index contributed by atoms with van der Waals surface area (Å²) in [4.78, 5) is 2.25. The highest BCUT2D eigenvalue weighted by atomic mass is 15.1. The maximum absolute atomic E-state index is 6.38. The van der Waals surface area contributed by atoms with E-state index in [0.29, 0.717) is 6.04 Å². The van der Waals surface area contributed by atoms with E-state index in [1.807, 2.05) is 0 Å². The summed E-state index contributed by atoms with van der Waals surface area (Å²) in [6.07, 6.45) is 4.66. The molecule has 0 aromatic heterocycles. The number of hydrogen-bond donors (Lipinski definition) is 1. The van der Waals surface area contributed by atoms with Crippen molar-refractivity contribution >= 4 is 0 Å². The van der Waals surface area contributed by atoms with Gasteiger partial charge < -0.3 is 10.6 Å². The van der Waals surface area contributed by atoms with Gasteiger partial charge in [-0.2, -0.15) is 0 Å². The predicted molar refractivity (Wildman–Crippen MR) is 73.0 cm³/mol. The lowest BCUT2D eigenvalue weighted by molar-refractivity contribution is 0.246. The highest BCUT2D eigenvalue weighted by Crippen LogP contribution is 2.45. The van der Waals surface area contributed by atoms with Crippen LogP contribution in [-0.2, 0) is 6.42 Å². The van der Waals surface area contributed by atoms with Gasteiger partial charge in [0.1, 0.15) is 0 Å². The van der Waals surface area contributed by atoms with Gasteiger partial charge in [0.2, 0.25) is 0 Å². The highest BCUT2D eigenvalue weighted by Gasteiger charge is 2.47.